The second-order valence-corrected chi connectivity index (χ2v) is 6.20. The van der Waals surface area contributed by atoms with Crippen molar-refractivity contribution < 1.29 is 9.47 Å². The minimum absolute atomic E-state index is 0.239. The lowest BCUT2D eigenvalue weighted by Crippen LogP contribution is -2.22. The predicted molar refractivity (Wildman–Crippen MR) is 106 cm³/mol. The molecular formula is C17H35N7O2. The number of ether oxygens (including phenoxy) is 2. The van der Waals surface area contributed by atoms with Crippen LogP contribution in [0.15, 0.2) is 0 Å². The standard InChI is InChI=1S/C17H35N7O2/c1-5-14(6-2)21-17-23-15(22-16(24-17)20-13(3)4)19-8-10-26-12-11-25-9-7-18/h13-14H,5-12,18H2,1-4H3,(H3,19,20,21,22,23,24). The van der Waals surface area contributed by atoms with Gasteiger partial charge in [-0.15, -0.1) is 0 Å². The molecule has 1 aromatic rings. The normalized spacial score (nSPS) is 11.2. The lowest BCUT2D eigenvalue weighted by Gasteiger charge is -2.17. The Balaban J connectivity index is 2.53. The van der Waals surface area contributed by atoms with Crippen molar-refractivity contribution in [3.05, 3.63) is 0 Å². The van der Waals surface area contributed by atoms with Crippen LogP contribution in [0.3, 0.4) is 0 Å². The second-order valence-electron chi connectivity index (χ2n) is 6.20. The molecule has 1 aromatic heterocycles. The number of nitrogens with one attached hydrogen (secondary N) is 3. The number of anilines is 3. The molecule has 9 nitrogen and oxygen atoms in total. The van der Waals surface area contributed by atoms with Crippen molar-refractivity contribution in [1.82, 2.24) is 15.0 Å². The monoisotopic (exact) mass is 369 g/mol. The smallest absolute Gasteiger partial charge is 0.229 e. The van der Waals surface area contributed by atoms with Gasteiger partial charge in [0.1, 0.15) is 0 Å². The number of nitrogens with zero attached hydrogens (tertiary/aromatic N) is 3. The average molecular weight is 370 g/mol. The summed E-state index contributed by atoms with van der Waals surface area (Å²) in [5, 5.41) is 9.77. The van der Waals surface area contributed by atoms with E-state index in [9.17, 15) is 0 Å². The Morgan fingerprint density at radius 2 is 1.42 bits per heavy atom. The molecule has 0 aliphatic heterocycles. The van der Waals surface area contributed by atoms with Gasteiger partial charge in [0, 0.05) is 25.2 Å². The lowest BCUT2D eigenvalue weighted by atomic mass is 10.2. The molecule has 0 saturated carbocycles. The van der Waals surface area contributed by atoms with Crippen LogP contribution in [-0.4, -0.2) is 66.6 Å². The van der Waals surface area contributed by atoms with Crippen LogP contribution < -0.4 is 21.7 Å². The van der Waals surface area contributed by atoms with E-state index in [1.165, 1.54) is 0 Å². The fraction of sp³-hybridized carbons (Fsp3) is 0.824. The average Bonchev–Trinajstić information content (AvgIpc) is 2.61. The van der Waals surface area contributed by atoms with Crippen LogP contribution in [0.1, 0.15) is 40.5 Å². The van der Waals surface area contributed by atoms with Crippen LogP contribution in [0.4, 0.5) is 17.8 Å². The third-order valence-corrected chi connectivity index (χ3v) is 3.54. The molecule has 150 valence electrons. The summed E-state index contributed by atoms with van der Waals surface area (Å²) in [4.78, 5) is 13.3. The van der Waals surface area contributed by atoms with E-state index in [2.05, 4.69) is 44.7 Å². The van der Waals surface area contributed by atoms with Gasteiger partial charge in [0.05, 0.1) is 26.4 Å². The zero-order chi connectivity index (χ0) is 19.2. The maximum absolute atomic E-state index is 5.50. The quantitative estimate of drug-likeness (QED) is 0.342. The van der Waals surface area contributed by atoms with Crippen molar-refractivity contribution >= 4 is 17.8 Å². The maximum Gasteiger partial charge on any atom is 0.229 e. The minimum atomic E-state index is 0.239. The van der Waals surface area contributed by atoms with Crippen molar-refractivity contribution in [2.24, 2.45) is 5.73 Å². The molecular weight excluding hydrogens is 334 g/mol. The molecule has 9 heteroatoms. The summed E-state index contributed by atoms with van der Waals surface area (Å²) < 4.78 is 10.7. The van der Waals surface area contributed by atoms with E-state index in [-0.39, 0.29) is 6.04 Å². The van der Waals surface area contributed by atoms with Gasteiger partial charge in [-0.05, 0) is 26.7 Å². The van der Waals surface area contributed by atoms with Gasteiger partial charge in [-0.3, -0.25) is 0 Å². The molecule has 26 heavy (non-hydrogen) atoms. The molecule has 0 saturated heterocycles. The molecule has 0 spiro atoms. The number of hydrogen-bond acceptors (Lipinski definition) is 9. The topological polar surface area (TPSA) is 119 Å². The van der Waals surface area contributed by atoms with E-state index in [1.54, 1.807) is 0 Å². The van der Waals surface area contributed by atoms with Crippen LogP contribution in [-0.2, 0) is 9.47 Å². The molecule has 0 aliphatic carbocycles. The highest BCUT2D eigenvalue weighted by molar-refractivity contribution is 5.42. The SMILES string of the molecule is CCC(CC)Nc1nc(NCCOCCOCCN)nc(NC(C)C)n1. The Morgan fingerprint density at radius 1 is 0.846 bits per heavy atom. The van der Waals surface area contributed by atoms with E-state index in [0.29, 0.717) is 63.4 Å². The zero-order valence-corrected chi connectivity index (χ0v) is 16.5. The third-order valence-electron chi connectivity index (χ3n) is 3.54. The van der Waals surface area contributed by atoms with Gasteiger partial charge in [-0.25, -0.2) is 0 Å². The highest BCUT2D eigenvalue weighted by Gasteiger charge is 2.10. The first-order chi connectivity index (χ1) is 12.6. The van der Waals surface area contributed by atoms with Gasteiger partial charge in [-0.1, -0.05) is 13.8 Å². The van der Waals surface area contributed by atoms with Crippen LogP contribution in [0.5, 0.6) is 0 Å². The van der Waals surface area contributed by atoms with E-state index in [1.807, 2.05) is 13.8 Å². The number of hydrogen-bond donors (Lipinski definition) is 4. The lowest BCUT2D eigenvalue weighted by molar-refractivity contribution is 0.0547. The van der Waals surface area contributed by atoms with E-state index < -0.39 is 0 Å². The summed E-state index contributed by atoms with van der Waals surface area (Å²) in [6.07, 6.45) is 2.02. The number of rotatable bonds is 15. The van der Waals surface area contributed by atoms with Crippen molar-refractivity contribution in [3.8, 4) is 0 Å². The summed E-state index contributed by atoms with van der Waals surface area (Å²) in [5.74, 6) is 1.66. The van der Waals surface area contributed by atoms with Crippen LogP contribution in [0.2, 0.25) is 0 Å². The Kier molecular flexibility index (Phi) is 11.6. The molecule has 0 unspecified atom stereocenters. The molecule has 0 bridgehead atoms. The first-order valence-electron chi connectivity index (χ1n) is 9.47. The Morgan fingerprint density at radius 3 is 2.00 bits per heavy atom. The molecule has 5 N–H and O–H groups in total. The van der Waals surface area contributed by atoms with Crippen molar-refractivity contribution in [2.75, 3.05) is 55.5 Å². The van der Waals surface area contributed by atoms with Crippen LogP contribution in [0, 0.1) is 0 Å². The Labute approximate surface area is 156 Å². The van der Waals surface area contributed by atoms with Crippen molar-refractivity contribution in [3.63, 3.8) is 0 Å². The zero-order valence-electron chi connectivity index (χ0n) is 16.5. The minimum Gasteiger partial charge on any atom is -0.378 e. The molecule has 1 heterocycles. The molecule has 1 rings (SSSR count). The van der Waals surface area contributed by atoms with Gasteiger partial charge in [0.15, 0.2) is 0 Å². The number of aromatic nitrogens is 3. The van der Waals surface area contributed by atoms with E-state index >= 15 is 0 Å². The predicted octanol–water partition coefficient (Wildman–Crippen LogP) is 1.70. The second kappa shape index (κ2) is 13.5. The first kappa shape index (κ1) is 22.3. The molecule has 0 fully saturated rings. The molecule has 0 aliphatic rings. The molecule has 0 atom stereocenters. The Hall–Kier alpha value is -1.71. The van der Waals surface area contributed by atoms with Gasteiger partial charge < -0.3 is 31.2 Å². The number of nitrogens with two attached hydrogens (primary N) is 1. The summed E-state index contributed by atoms with van der Waals surface area (Å²) >= 11 is 0. The van der Waals surface area contributed by atoms with Gasteiger partial charge in [-0.2, -0.15) is 15.0 Å². The summed E-state index contributed by atoms with van der Waals surface area (Å²) in [6, 6.07) is 0.581. The molecule has 0 aromatic carbocycles. The van der Waals surface area contributed by atoms with Crippen molar-refractivity contribution in [2.45, 2.75) is 52.6 Å². The summed E-state index contributed by atoms with van der Waals surface area (Å²) in [6.45, 7) is 11.7. The highest BCUT2D eigenvalue weighted by atomic mass is 16.5. The van der Waals surface area contributed by atoms with E-state index in [4.69, 9.17) is 15.2 Å². The first-order valence-corrected chi connectivity index (χ1v) is 9.47. The summed E-state index contributed by atoms with van der Waals surface area (Å²) in [7, 11) is 0. The largest absolute Gasteiger partial charge is 0.378 e. The molecule has 0 amide bonds. The van der Waals surface area contributed by atoms with Crippen molar-refractivity contribution in [1.29, 1.82) is 0 Å². The van der Waals surface area contributed by atoms with Gasteiger partial charge in [0.25, 0.3) is 0 Å². The summed E-state index contributed by atoms with van der Waals surface area (Å²) in [5.41, 5.74) is 5.35. The van der Waals surface area contributed by atoms with E-state index in [0.717, 1.165) is 12.8 Å². The van der Waals surface area contributed by atoms with Gasteiger partial charge >= 0.3 is 0 Å². The van der Waals surface area contributed by atoms with Crippen LogP contribution >= 0.6 is 0 Å². The Bertz CT molecular complexity index is 484. The third kappa shape index (κ3) is 9.69. The van der Waals surface area contributed by atoms with Gasteiger partial charge in [0.2, 0.25) is 17.8 Å². The highest BCUT2D eigenvalue weighted by Crippen LogP contribution is 2.13. The fourth-order valence-electron chi connectivity index (χ4n) is 2.16. The van der Waals surface area contributed by atoms with Crippen LogP contribution in [0.25, 0.3) is 0 Å². The fourth-order valence-corrected chi connectivity index (χ4v) is 2.16. The molecule has 0 radical (unpaired) electrons. The maximum atomic E-state index is 5.50.